The molecular formula is C14H18Cl2N3O2S+. The molecule has 8 heteroatoms. The van der Waals surface area contributed by atoms with E-state index in [4.69, 9.17) is 28.5 Å². The van der Waals surface area contributed by atoms with Gasteiger partial charge in [-0.1, -0.05) is 23.2 Å². The van der Waals surface area contributed by atoms with Crippen LogP contribution in [-0.4, -0.2) is 45.4 Å². The third-order valence-electron chi connectivity index (χ3n) is 3.77. The Morgan fingerprint density at radius 2 is 1.95 bits per heavy atom. The lowest BCUT2D eigenvalue weighted by Crippen LogP contribution is -3.15. The van der Waals surface area contributed by atoms with Gasteiger partial charge in [-0.15, -0.1) is 0 Å². The standard InChI is InChI=1S/C14H17Cl2N3O2S/c1-11(9-17)10-18-4-6-19(7-5-18)22(20,21)12-2-3-13(15)14(16)8-12/h2-3,8,11H,4-7,10H2,1H3/p+1/t11-/m0/s1. The molecule has 0 aromatic heterocycles. The van der Waals surface area contributed by atoms with Gasteiger partial charge in [-0.25, -0.2) is 8.42 Å². The minimum Gasteiger partial charge on any atom is -0.332 e. The van der Waals surface area contributed by atoms with Crippen LogP contribution in [0, 0.1) is 17.2 Å². The molecule has 22 heavy (non-hydrogen) atoms. The zero-order valence-corrected chi connectivity index (χ0v) is 14.5. The predicted octanol–water partition coefficient (Wildman–Crippen LogP) is 1.04. The molecule has 1 saturated heterocycles. The van der Waals surface area contributed by atoms with Crippen LogP contribution in [0.5, 0.6) is 0 Å². The lowest BCUT2D eigenvalue weighted by molar-refractivity contribution is -0.905. The van der Waals surface area contributed by atoms with Crippen LogP contribution in [0.25, 0.3) is 0 Å². The number of hydrogen-bond acceptors (Lipinski definition) is 3. The number of nitriles is 1. The average Bonchev–Trinajstić information content (AvgIpc) is 2.50. The van der Waals surface area contributed by atoms with Crippen molar-refractivity contribution < 1.29 is 13.3 Å². The highest BCUT2D eigenvalue weighted by Gasteiger charge is 2.31. The van der Waals surface area contributed by atoms with Crippen LogP contribution in [0.2, 0.25) is 10.0 Å². The largest absolute Gasteiger partial charge is 0.332 e. The maximum atomic E-state index is 12.6. The third kappa shape index (κ3) is 3.92. The zero-order valence-electron chi connectivity index (χ0n) is 12.2. The van der Waals surface area contributed by atoms with Crippen molar-refractivity contribution >= 4 is 33.2 Å². The number of quaternary nitrogens is 1. The average molecular weight is 363 g/mol. The molecule has 1 fully saturated rings. The van der Waals surface area contributed by atoms with E-state index in [1.165, 1.54) is 27.4 Å². The fourth-order valence-electron chi connectivity index (χ4n) is 2.51. The Kier molecular flexibility index (Phi) is 5.70. The predicted molar refractivity (Wildman–Crippen MR) is 85.6 cm³/mol. The van der Waals surface area contributed by atoms with Gasteiger partial charge < -0.3 is 4.90 Å². The second-order valence-corrected chi connectivity index (χ2v) is 8.22. The topological polar surface area (TPSA) is 65.6 Å². The lowest BCUT2D eigenvalue weighted by atomic mass is 10.2. The molecule has 1 N–H and O–H groups in total. The molecule has 120 valence electrons. The number of benzene rings is 1. The number of nitrogens with zero attached hydrogens (tertiary/aromatic N) is 2. The lowest BCUT2D eigenvalue weighted by Gasteiger charge is -2.32. The van der Waals surface area contributed by atoms with E-state index in [-0.39, 0.29) is 15.8 Å². The van der Waals surface area contributed by atoms with Crippen molar-refractivity contribution in [2.45, 2.75) is 11.8 Å². The minimum atomic E-state index is -3.55. The van der Waals surface area contributed by atoms with Crippen molar-refractivity contribution in [1.82, 2.24) is 4.31 Å². The molecule has 1 aromatic rings. The molecule has 0 saturated carbocycles. The molecule has 1 atom stereocenters. The fraction of sp³-hybridized carbons (Fsp3) is 0.500. The fourth-order valence-corrected chi connectivity index (χ4v) is 4.34. The molecule has 2 rings (SSSR count). The molecule has 1 aromatic carbocycles. The first-order chi connectivity index (χ1) is 10.3. The molecule has 1 aliphatic rings. The van der Waals surface area contributed by atoms with Crippen molar-refractivity contribution in [3.8, 4) is 6.07 Å². The van der Waals surface area contributed by atoms with Gasteiger partial charge in [-0.3, -0.25) is 0 Å². The molecule has 0 aliphatic carbocycles. The molecule has 0 bridgehead atoms. The highest BCUT2D eigenvalue weighted by Crippen LogP contribution is 2.26. The van der Waals surface area contributed by atoms with Crippen LogP contribution >= 0.6 is 23.2 Å². The second-order valence-electron chi connectivity index (χ2n) is 5.46. The maximum absolute atomic E-state index is 12.6. The first-order valence-electron chi connectivity index (χ1n) is 7.03. The number of nitrogens with one attached hydrogen (secondary N) is 1. The summed E-state index contributed by atoms with van der Waals surface area (Å²) >= 11 is 11.7. The van der Waals surface area contributed by atoms with E-state index in [1.807, 2.05) is 6.92 Å². The summed E-state index contributed by atoms with van der Waals surface area (Å²) in [6, 6.07) is 6.56. The van der Waals surface area contributed by atoms with E-state index < -0.39 is 10.0 Å². The first-order valence-corrected chi connectivity index (χ1v) is 9.22. The van der Waals surface area contributed by atoms with Crippen LogP contribution in [-0.2, 0) is 10.0 Å². The summed E-state index contributed by atoms with van der Waals surface area (Å²) in [5.74, 6) is -0.0202. The van der Waals surface area contributed by atoms with Gasteiger partial charge in [0.25, 0.3) is 0 Å². The number of rotatable bonds is 4. The summed E-state index contributed by atoms with van der Waals surface area (Å²) in [7, 11) is -3.55. The van der Waals surface area contributed by atoms with Gasteiger partial charge >= 0.3 is 0 Å². The Balaban J connectivity index is 2.06. The number of sulfonamides is 1. The molecule has 0 spiro atoms. The van der Waals surface area contributed by atoms with Gasteiger partial charge in [0.05, 0.1) is 59.7 Å². The molecular weight excluding hydrogens is 345 g/mol. The summed E-state index contributed by atoms with van der Waals surface area (Å²) in [5, 5.41) is 9.42. The van der Waals surface area contributed by atoms with Crippen LogP contribution in [0.4, 0.5) is 0 Å². The van der Waals surface area contributed by atoms with Crippen molar-refractivity contribution in [3.63, 3.8) is 0 Å². The molecule has 0 unspecified atom stereocenters. The van der Waals surface area contributed by atoms with E-state index in [9.17, 15) is 8.42 Å². The Morgan fingerprint density at radius 3 is 2.50 bits per heavy atom. The molecule has 5 nitrogen and oxygen atoms in total. The minimum absolute atomic E-state index is 0.0202. The Bertz CT molecular complexity index is 680. The van der Waals surface area contributed by atoms with Crippen molar-refractivity contribution in [2.75, 3.05) is 32.7 Å². The van der Waals surface area contributed by atoms with E-state index in [2.05, 4.69) is 6.07 Å². The van der Waals surface area contributed by atoms with E-state index in [1.54, 1.807) is 0 Å². The van der Waals surface area contributed by atoms with Crippen LogP contribution < -0.4 is 4.90 Å². The summed E-state index contributed by atoms with van der Waals surface area (Å²) in [4.78, 5) is 1.42. The number of hydrogen-bond donors (Lipinski definition) is 1. The van der Waals surface area contributed by atoms with Gasteiger partial charge in [-0.05, 0) is 25.1 Å². The summed E-state index contributed by atoms with van der Waals surface area (Å²) < 4.78 is 26.7. The highest BCUT2D eigenvalue weighted by molar-refractivity contribution is 7.89. The van der Waals surface area contributed by atoms with E-state index in [0.29, 0.717) is 31.2 Å². The Morgan fingerprint density at radius 1 is 1.32 bits per heavy atom. The summed E-state index contributed by atoms with van der Waals surface area (Å²) in [6.07, 6.45) is 0. The third-order valence-corrected chi connectivity index (χ3v) is 6.41. The van der Waals surface area contributed by atoms with Crippen LogP contribution in [0.15, 0.2) is 23.1 Å². The normalized spacial score (nSPS) is 18.8. The molecule has 0 amide bonds. The van der Waals surface area contributed by atoms with Gasteiger partial charge in [0.1, 0.15) is 0 Å². The smallest absolute Gasteiger partial charge is 0.243 e. The SMILES string of the molecule is C[C@@H](C#N)C[NH+]1CCN(S(=O)(=O)c2ccc(Cl)c(Cl)c2)CC1. The quantitative estimate of drug-likeness (QED) is 0.870. The van der Waals surface area contributed by atoms with Gasteiger partial charge in [0.2, 0.25) is 10.0 Å². The van der Waals surface area contributed by atoms with Gasteiger partial charge in [0.15, 0.2) is 0 Å². The summed E-state index contributed by atoms with van der Waals surface area (Å²) in [6.45, 7) is 4.91. The first kappa shape index (κ1) is 17.5. The molecule has 1 heterocycles. The summed E-state index contributed by atoms with van der Waals surface area (Å²) in [5.41, 5.74) is 0. The number of halogens is 2. The molecule has 0 radical (unpaired) electrons. The zero-order chi connectivity index (χ0) is 16.3. The van der Waals surface area contributed by atoms with E-state index in [0.717, 1.165) is 6.54 Å². The van der Waals surface area contributed by atoms with Gasteiger partial charge in [-0.2, -0.15) is 9.57 Å². The van der Waals surface area contributed by atoms with Gasteiger partial charge in [0, 0.05) is 0 Å². The monoisotopic (exact) mass is 362 g/mol. The van der Waals surface area contributed by atoms with Crippen LogP contribution in [0.1, 0.15) is 6.92 Å². The number of piperazine rings is 1. The highest BCUT2D eigenvalue weighted by atomic mass is 35.5. The Labute approximate surface area is 141 Å². The van der Waals surface area contributed by atoms with Crippen molar-refractivity contribution in [2.24, 2.45) is 5.92 Å². The van der Waals surface area contributed by atoms with E-state index >= 15 is 0 Å². The second kappa shape index (κ2) is 7.16. The van der Waals surface area contributed by atoms with Crippen molar-refractivity contribution in [3.05, 3.63) is 28.2 Å². The Hall–Kier alpha value is -0.840. The van der Waals surface area contributed by atoms with Crippen molar-refractivity contribution in [1.29, 1.82) is 5.26 Å². The van der Waals surface area contributed by atoms with Crippen LogP contribution in [0.3, 0.4) is 0 Å². The molecule has 1 aliphatic heterocycles. The maximum Gasteiger partial charge on any atom is 0.243 e.